The van der Waals surface area contributed by atoms with Crippen LogP contribution in [0.3, 0.4) is 0 Å². The second-order valence-electron chi connectivity index (χ2n) is 3.83. The van der Waals surface area contributed by atoms with Crippen molar-refractivity contribution in [3.05, 3.63) is 65.0 Å². The molecule has 1 aromatic heterocycles. The zero-order chi connectivity index (χ0) is 14.4. The van der Waals surface area contributed by atoms with Gasteiger partial charge in [0, 0.05) is 18.0 Å². The highest BCUT2D eigenvalue weighted by atomic mass is 32.2. The molecule has 1 aromatic carbocycles. The lowest BCUT2D eigenvalue weighted by molar-refractivity contribution is 0.105. The number of ketones is 1. The third kappa shape index (κ3) is 3.79. The van der Waals surface area contributed by atoms with Crippen molar-refractivity contribution >= 4 is 51.1 Å². The predicted molar refractivity (Wildman–Crippen MR) is 92.8 cm³/mol. The molecule has 2 nitrogen and oxygen atoms in total. The van der Waals surface area contributed by atoms with Crippen LogP contribution in [-0.4, -0.2) is 16.4 Å². The maximum Gasteiger partial charge on any atom is 0.197 e. The fourth-order valence-corrected chi connectivity index (χ4v) is 2.76. The van der Waals surface area contributed by atoms with Crippen molar-refractivity contribution in [2.24, 2.45) is 0 Å². The van der Waals surface area contributed by atoms with E-state index in [1.54, 1.807) is 12.3 Å². The molecule has 0 aliphatic rings. The number of rotatable bonds is 4. The van der Waals surface area contributed by atoms with Gasteiger partial charge in [-0.3, -0.25) is 4.79 Å². The molecule has 0 unspecified atom stereocenters. The van der Waals surface area contributed by atoms with Crippen LogP contribution in [0.25, 0.3) is 0 Å². The molecule has 2 rings (SSSR count). The number of thiocarbonyl (C=S) groups is 1. The van der Waals surface area contributed by atoms with Gasteiger partial charge in [-0.1, -0.05) is 48.2 Å². The van der Waals surface area contributed by atoms with Crippen LogP contribution in [-0.2, 0) is 0 Å². The van der Waals surface area contributed by atoms with Gasteiger partial charge in [0.15, 0.2) is 5.78 Å². The highest BCUT2D eigenvalue weighted by molar-refractivity contribution is 8.22. The Morgan fingerprint density at radius 1 is 1.25 bits per heavy atom. The van der Waals surface area contributed by atoms with Gasteiger partial charge in [-0.25, -0.2) is 0 Å². The van der Waals surface area contributed by atoms with Crippen LogP contribution in [0.2, 0.25) is 0 Å². The van der Waals surface area contributed by atoms with Crippen LogP contribution in [0.15, 0.2) is 60.1 Å². The van der Waals surface area contributed by atoms with Gasteiger partial charge in [0.25, 0.3) is 0 Å². The number of anilines is 1. The molecule has 0 aliphatic heterocycles. The standard InChI is InChI=1S/C15H13NOS3/c1-19-15(18)16(12-6-3-2-4-7-12)10-9-13(17)14-8-5-11-20-14/h2-11H,1H3/b10-9+. The zero-order valence-electron chi connectivity index (χ0n) is 10.9. The van der Waals surface area contributed by atoms with Crippen molar-refractivity contribution in [1.29, 1.82) is 0 Å². The van der Waals surface area contributed by atoms with Gasteiger partial charge in [-0.2, -0.15) is 0 Å². The number of allylic oxidation sites excluding steroid dienone is 1. The molecule has 0 amide bonds. The van der Waals surface area contributed by atoms with E-state index in [9.17, 15) is 4.79 Å². The summed E-state index contributed by atoms with van der Waals surface area (Å²) in [7, 11) is 0. The molecule has 102 valence electrons. The molecule has 2 aromatic rings. The SMILES string of the molecule is CSC(=S)N(/C=C/C(=O)c1cccs1)c1ccccc1. The van der Waals surface area contributed by atoms with E-state index in [4.69, 9.17) is 12.2 Å². The number of carbonyl (C=O) groups is 1. The Hall–Kier alpha value is -1.43. The van der Waals surface area contributed by atoms with Gasteiger partial charge in [0.05, 0.1) is 4.88 Å². The van der Waals surface area contributed by atoms with Crippen molar-refractivity contribution < 1.29 is 4.79 Å². The van der Waals surface area contributed by atoms with E-state index in [1.807, 2.05) is 59.0 Å². The molecular formula is C15H13NOS3. The number of para-hydroxylation sites is 1. The minimum absolute atomic E-state index is 0.00941. The second-order valence-corrected chi connectivity index (χ2v) is 6.22. The first-order valence-corrected chi connectivity index (χ1v) is 8.42. The third-order valence-electron chi connectivity index (χ3n) is 2.54. The maximum absolute atomic E-state index is 12.0. The van der Waals surface area contributed by atoms with Crippen LogP contribution >= 0.6 is 35.3 Å². The van der Waals surface area contributed by atoms with Gasteiger partial charge >= 0.3 is 0 Å². The first-order valence-electron chi connectivity index (χ1n) is 5.90. The van der Waals surface area contributed by atoms with Crippen LogP contribution in [0, 0.1) is 0 Å². The predicted octanol–water partition coefficient (Wildman–Crippen LogP) is 4.60. The Labute approximate surface area is 132 Å². The van der Waals surface area contributed by atoms with E-state index < -0.39 is 0 Å². The summed E-state index contributed by atoms with van der Waals surface area (Å²) >= 11 is 8.25. The van der Waals surface area contributed by atoms with Crippen molar-refractivity contribution in [3.63, 3.8) is 0 Å². The number of carbonyl (C=O) groups excluding carboxylic acids is 1. The van der Waals surface area contributed by atoms with Crippen molar-refractivity contribution in [2.45, 2.75) is 0 Å². The fraction of sp³-hybridized carbons (Fsp3) is 0.0667. The van der Waals surface area contributed by atoms with E-state index in [2.05, 4.69) is 0 Å². The Bertz CT molecular complexity index is 605. The zero-order valence-corrected chi connectivity index (χ0v) is 13.3. The lowest BCUT2D eigenvalue weighted by Crippen LogP contribution is -2.20. The summed E-state index contributed by atoms with van der Waals surface area (Å²) in [6, 6.07) is 13.4. The Balaban J connectivity index is 2.21. The number of thiophene rings is 1. The highest BCUT2D eigenvalue weighted by Crippen LogP contribution is 2.19. The monoisotopic (exact) mass is 319 g/mol. The van der Waals surface area contributed by atoms with E-state index in [0.29, 0.717) is 4.32 Å². The fourth-order valence-electron chi connectivity index (χ4n) is 1.58. The van der Waals surface area contributed by atoms with E-state index >= 15 is 0 Å². The average Bonchev–Trinajstić information content (AvgIpc) is 3.02. The quantitative estimate of drug-likeness (QED) is 0.466. The van der Waals surface area contributed by atoms with Crippen molar-refractivity contribution in [1.82, 2.24) is 0 Å². The van der Waals surface area contributed by atoms with E-state index in [0.717, 1.165) is 10.6 Å². The van der Waals surface area contributed by atoms with Crippen molar-refractivity contribution in [2.75, 3.05) is 11.2 Å². The molecular weight excluding hydrogens is 306 g/mol. The summed E-state index contributed by atoms with van der Waals surface area (Å²) in [6.07, 6.45) is 5.21. The number of thioether (sulfide) groups is 1. The molecule has 1 heterocycles. The highest BCUT2D eigenvalue weighted by Gasteiger charge is 2.09. The molecule has 0 spiro atoms. The van der Waals surface area contributed by atoms with Gasteiger partial charge in [0.1, 0.15) is 4.32 Å². The lowest BCUT2D eigenvalue weighted by atomic mass is 10.3. The second kappa shape index (κ2) is 7.38. The normalized spacial score (nSPS) is 10.7. The average molecular weight is 319 g/mol. The lowest BCUT2D eigenvalue weighted by Gasteiger charge is -2.19. The summed E-state index contributed by atoms with van der Waals surface area (Å²) in [5.74, 6) is -0.00941. The number of hydrogen-bond acceptors (Lipinski definition) is 4. The minimum atomic E-state index is -0.00941. The number of benzene rings is 1. The summed E-state index contributed by atoms with van der Waals surface area (Å²) in [5, 5.41) is 1.89. The molecule has 0 bridgehead atoms. The molecule has 0 radical (unpaired) electrons. The van der Waals surface area contributed by atoms with Crippen molar-refractivity contribution in [3.8, 4) is 0 Å². The first kappa shape index (κ1) is 15.0. The van der Waals surface area contributed by atoms with Crippen LogP contribution < -0.4 is 4.90 Å². The molecule has 0 saturated carbocycles. The smallest absolute Gasteiger partial charge is 0.197 e. The van der Waals surface area contributed by atoms with Crippen LogP contribution in [0.1, 0.15) is 9.67 Å². The first-order chi connectivity index (χ1) is 9.72. The summed E-state index contributed by atoms with van der Waals surface area (Å²) < 4.78 is 0.700. The number of hydrogen-bond donors (Lipinski definition) is 0. The number of nitrogens with zero attached hydrogens (tertiary/aromatic N) is 1. The maximum atomic E-state index is 12.0. The summed E-state index contributed by atoms with van der Waals surface area (Å²) in [6.45, 7) is 0. The molecule has 0 saturated heterocycles. The molecule has 0 N–H and O–H groups in total. The molecule has 0 fully saturated rings. The molecule has 0 aliphatic carbocycles. The van der Waals surface area contributed by atoms with Gasteiger partial charge in [-0.15, -0.1) is 11.3 Å². The Morgan fingerprint density at radius 3 is 2.60 bits per heavy atom. The van der Waals surface area contributed by atoms with Gasteiger partial charge in [-0.05, 0) is 29.8 Å². The molecule has 0 atom stereocenters. The third-order valence-corrected chi connectivity index (χ3v) is 4.67. The summed E-state index contributed by atoms with van der Waals surface area (Å²) in [4.78, 5) is 14.6. The minimum Gasteiger partial charge on any atom is -0.303 e. The van der Waals surface area contributed by atoms with E-state index in [-0.39, 0.29) is 5.78 Å². The van der Waals surface area contributed by atoms with Gasteiger partial charge < -0.3 is 4.90 Å². The summed E-state index contributed by atoms with van der Waals surface area (Å²) in [5.41, 5.74) is 0.946. The largest absolute Gasteiger partial charge is 0.303 e. The molecule has 5 heteroatoms. The Morgan fingerprint density at radius 2 is 2.00 bits per heavy atom. The van der Waals surface area contributed by atoms with E-state index in [1.165, 1.54) is 23.1 Å². The van der Waals surface area contributed by atoms with Crippen LogP contribution in [0.4, 0.5) is 5.69 Å². The van der Waals surface area contributed by atoms with Crippen LogP contribution in [0.5, 0.6) is 0 Å². The van der Waals surface area contributed by atoms with Gasteiger partial charge in [0.2, 0.25) is 0 Å². The Kier molecular flexibility index (Phi) is 5.52. The topological polar surface area (TPSA) is 20.3 Å². The molecule has 20 heavy (non-hydrogen) atoms.